The van der Waals surface area contributed by atoms with Gasteiger partial charge in [-0.3, -0.25) is 4.79 Å². The second-order valence-electron chi connectivity index (χ2n) is 6.97. The number of halogens is 1. The molecule has 0 unspecified atom stereocenters. The van der Waals surface area contributed by atoms with E-state index >= 15 is 0 Å². The fourth-order valence-corrected chi connectivity index (χ4v) is 2.88. The number of hydrogen-bond donors (Lipinski definition) is 2. The molecule has 3 rings (SSSR count). The van der Waals surface area contributed by atoms with Crippen molar-refractivity contribution in [3.63, 3.8) is 0 Å². The molecule has 0 aliphatic carbocycles. The van der Waals surface area contributed by atoms with E-state index < -0.39 is 5.60 Å². The molecule has 146 valence electrons. The minimum absolute atomic E-state index is 0.143. The molecular weight excluding hydrogens is 378 g/mol. The number of aliphatic hydroxyl groups excluding tert-OH is 1. The molecule has 0 radical (unpaired) electrons. The molecular formula is C22H22ClNO4. The van der Waals surface area contributed by atoms with Crippen LogP contribution in [0, 0.1) is 6.92 Å². The molecule has 0 spiro atoms. The summed E-state index contributed by atoms with van der Waals surface area (Å²) in [6.45, 7) is 5.20. The predicted octanol–water partition coefficient (Wildman–Crippen LogP) is 5.20. The Morgan fingerprint density at radius 1 is 1.14 bits per heavy atom. The molecule has 0 atom stereocenters. The van der Waals surface area contributed by atoms with Crippen molar-refractivity contribution in [1.82, 2.24) is 0 Å². The van der Waals surface area contributed by atoms with E-state index in [1.807, 2.05) is 25.1 Å². The maximum atomic E-state index is 12.7. The van der Waals surface area contributed by atoms with Crippen LogP contribution >= 0.6 is 11.6 Å². The van der Waals surface area contributed by atoms with Gasteiger partial charge in [-0.1, -0.05) is 11.6 Å². The molecule has 0 bridgehead atoms. The van der Waals surface area contributed by atoms with Crippen LogP contribution in [-0.2, 0) is 11.4 Å². The highest BCUT2D eigenvalue weighted by Crippen LogP contribution is 2.28. The van der Waals surface area contributed by atoms with Crippen molar-refractivity contribution in [2.45, 2.75) is 33.0 Å². The van der Waals surface area contributed by atoms with Crippen molar-refractivity contribution in [3.8, 4) is 17.1 Å². The Labute approximate surface area is 168 Å². The number of ether oxygens (including phenoxy) is 1. The minimum Gasteiger partial charge on any atom is -0.478 e. The molecule has 5 nitrogen and oxygen atoms in total. The van der Waals surface area contributed by atoms with Gasteiger partial charge in [0, 0.05) is 16.3 Å². The van der Waals surface area contributed by atoms with E-state index in [0.29, 0.717) is 28.0 Å². The Hall–Kier alpha value is -2.76. The minimum atomic E-state index is -1.07. The first kappa shape index (κ1) is 20.0. The van der Waals surface area contributed by atoms with Gasteiger partial charge in [-0.05, 0) is 80.9 Å². The summed E-state index contributed by atoms with van der Waals surface area (Å²) in [6.07, 6.45) is 0. The Bertz CT molecular complexity index is 976. The van der Waals surface area contributed by atoms with Crippen molar-refractivity contribution in [2.24, 2.45) is 0 Å². The van der Waals surface area contributed by atoms with Crippen LogP contribution in [0.15, 0.2) is 59.0 Å². The Balaban J connectivity index is 1.72. The molecule has 28 heavy (non-hydrogen) atoms. The van der Waals surface area contributed by atoms with Crippen molar-refractivity contribution in [2.75, 3.05) is 5.32 Å². The third-order valence-corrected chi connectivity index (χ3v) is 4.55. The first-order valence-corrected chi connectivity index (χ1v) is 9.23. The summed E-state index contributed by atoms with van der Waals surface area (Å²) < 4.78 is 11.4. The van der Waals surface area contributed by atoms with E-state index in [4.69, 9.17) is 25.9 Å². The molecule has 0 saturated carbocycles. The van der Waals surface area contributed by atoms with Crippen molar-refractivity contribution in [3.05, 3.63) is 70.9 Å². The molecule has 1 heterocycles. The van der Waals surface area contributed by atoms with Crippen molar-refractivity contribution < 1.29 is 19.1 Å². The van der Waals surface area contributed by atoms with Crippen LogP contribution in [0.4, 0.5) is 5.69 Å². The number of furan rings is 1. The molecule has 0 saturated heterocycles. The highest BCUT2D eigenvalue weighted by molar-refractivity contribution is 6.30. The maximum absolute atomic E-state index is 12.7. The van der Waals surface area contributed by atoms with E-state index in [2.05, 4.69) is 5.32 Å². The molecule has 6 heteroatoms. The summed E-state index contributed by atoms with van der Waals surface area (Å²) in [6, 6.07) is 16.0. The van der Waals surface area contributed by atoms with Crippen LogP contribution in [0.3, 0.4) is 0 Å². The molecule has 0 fully saturated rings. The lowest BCUT2D eigenvalue weighted by Gasteiger charge is -2.25. The average Bonchev–Trinajstić information content (AvgIpc) is 3.12. The second kappa shape index (κ2) is 8.09. The van der Waals surface area contributed by atoms with Gasteiger partial charge in [0.05, 0.1) is 0 Å². The second-order valence-corrected chi connectivity index (χ2v) is 7.41. The van der Waals surface area contributed by atoms with Crippen LogP contribution in [0.5, 0.6) is 5.75 Å². The summed E-state index contributed by atoms with van der Waals surface area (Å²) in [5.41, 5.74) is 1.42. The van der Waals surface area contributed by atoms with E-state index in [0.717, 1.165) is 11.1 Å². The topological polar surface area (TPSA) is 71.7 Å². The largest absolute Gasteiger partial charge is 0.478 e. The van der Waals surface area contributed by atoms with E-state index in [1.165, 1.54) is 0 Å². The first-order chi connectivity index (χ1) is 13.3. The normalized spacial score (nSPS) is 11.3. The molecule has 2 aromatic carbocycles. The summed E-state index contributed by atoms with van der Waals surface area (Å²) >= 11 is 5.88. The summed E-state index contributed by atoms with van der Waals surface area (Å²) in [7, 11) is 0. The Morgan fingerprint density at radius 3 is 2.46 bits per heavy atom. The van der Waals surface area contributed by atoms with E-state index in [-0.39, 0.29) is 12.5 Å². The zero-order valence-electron chi connectivity index (χ0n) is 16.0. The quantitative estimate of drug-likeness (QED) is 0.597. The van der Waals surface area contributed by atoms with Gasteiger partial charge in [0.1, 0.15) is 23.9 Å². The average molecular weight is 400 g/mol. The predicted molar refractivity (Wildman–Crippen MR) is 110 cm³/mol. The lowest BCUT2D eigenvalue weighted by molar-refractivity contribution is -0.128. The van der Waals surface area contributed by atoms with Gasteiger partial charge in [0.25, 0.3) is 5.91 Å². The molecule has 0 aliphatic heterocycles. The summed E-state index contributed by atoms with van der Waals surface area (Å²) in [5.74, 6) is 1.47. The van der Waals surface area contributed by atoms with Gasteiger partial charge in [-0.15, -0.1) is 0 Å². The van der Waals surface area contributed by atoms with Crippen molar-refractivity contribution >= 4 is 23.2 Å². The van der Waals surface area contributed by atoms with E-state index in [1.54, 1.807) is 50.2 Å². The first-order valence-electron chi connectivity index (χ1n) is 8.85. The molecule has 0 aliphatic rings. The molecule has 3 aromatic rings. The fraction of sp³-hybridized carbons (Fsp3) is 0.227. The van der Waals surface area contributed by atoms with Gasteiger partial charge in [0.15, 0.2) is 5.60 Å². The van der Waals surface area contributed by atoms with Gasteiger partial charge < -0.3 is 19.6 Å². The molecule has 1 amide bonds. The number of benzene rings is 2. The third kappa shape index (κ3) is 4.55. The number of hydrogen-bond acceptors (Lipinski definition) is 4. The van der Waals surface area contributed by atoms with Gasteiger partial charge in [-0.2, -0.15) is 0 Å². The van der Waals surface area contributed by atoms with Gasteiger partial charge in [-0.25, -0.2) is 0 Å². The third-order valence-electron chi connectivity index (χ3n) is 4.30. The maximum Gasteiger partial charge on any atom is 0.267 e. The summed E-state index contributed by atoms with van der Waals surface area (Å²) in [4.78, 5) is 12.7. The zero-order chi connectivity index (χ0) is 20.3. The molecule has 2 N–H and O–H groups in total. The number of nitrogens with one attached hydrogen (secondary N) is 1. The number of aryl methyl sites for hydroxylation is 1. The van der Waals surface area contributed by atoms with Crippen LogP contribution < -0.4 is 10.1 Å². The van der Waals surface area contributed by atoms with Crippen molar-refractivity contribution in [1.29, 1.82) is 0 Å². The monoisotopic (exact) mass is 399 g/mol. The van der Waals surface area contributed by atoms with Crippen LogP contribution in [0.1, 0.15) is 25.2 Å². The van der Waals surface area contributed by atoms with E-state index in [9.17, 15) is 4.79 Å². The number of amides is 1. The fourth-order valence-electron chi connectivity index (χ4n) is 2.75. The number of anilines is 1. The number of aliphatic hydroxyl groups is 1. The highest BCUT2D eigenvalue weighted by atomic mass is 35.5. The number of carbonyl (C=O) groups excluding carboxylic acids is 1. The summed E-state index contributed by atoms with van der Waals surface area (Å²) in [5, 5.41) is 12.6. The number of carbonyl (C=O) groups is 1. The zero-order valence-corrected chi connectivity index (χ0v) is 16.7. The molecule has 1 aromatic heterocycles. The SMILES string of the molecule is Cc1cc(NC(=O)C(C)(C)Oc2ccc(Cl)cc2)ccc1-c1ccc(CO)o1. The van der Waals surface area contributed by atoms with Crippen LogP contribution in [-0.4, -0.2) is 16.6 Å². The lowest BCUT2D eigenvalue weighted by atomic mass is 10.0. The lowest BCUT2D eigenvalue weighted by Crippen LogP contribution is -2.42. The van der Waals surface area contributed by atoms with Crippen LogP contribution in [0.25, 0.3) is 11.3 Å². The van der Waals surface area contributed by atoms with Crippen LogP contribution in [0.2, 0.25) is 5.02 Å². The van der Waals surface area contributed by atoms with Gasteiger partial charge >= 0.3 is 0 Å². The highest BCUT2D eigenvalue weighted by Gasteiger charge is 2.30. The standard InChI is InChI=1S/C22H22ClNO4/c1-14-12-16(6-10-19(14)20-11-9-18(13-25)27-20)24-21(26)22(2,3)28-17-7-4-15(23)5-8-17/h4-12,25H,13H2,1-3H3,(H,24,26). The number of rotatable bonds is 6. The Kier molecular flexibility index (Phi) is 5.77. The van der Waals surface area contributed by atoms with Gasteiger partial charge in [0.2, 0.25) is 0 Å². The Morgan fingerprint density at radius 2 is 1.86 bits per heavy atom. The smallest absolute Gasteiger partial charge is 0.267 e.